The van der Waals surface area contributed by atoms with Crippen molar-refractivity contribution in [2.24, 2.45) is 5.73 Å². The van der Waals surface area contributed by atoms with Crippen molar-refractivity contribution >= 4 is 34.5 Å². The van der Waals surface area contributed by atoms with Gasteiger partial charge in [-0.05, 0) is 43.2 Å². The number of benzene rings is 1. The lowest BCUT2D eigenvalue weighted by Gasteiger charge is -2.30. The number of hydrogen-bond donors (Lipinski definition) is 1. The van der Waals surface area contributed by atoms with Gasteiger partial charge < -0.3 is 15.1 Å². The highest BCUT2D eigenvalue weighted by Crippen LogP contribution is 2.31. The number of nitrogens with zero attached hydrogens (tertiary/aromatic N) is 3. The molecule has 0 unspecified atom stereocenters. The standard InChI is InChI=1S/C19H17ClN4O3/c20-13-2-4-16-15(9-13)23-18(27-16)11-5-7-24(8-6-11)19(26)14-3-1-12(10-22-14)17(21)25/h1-4,9-11H,5-8H2,(H2,21,25). The third kappa shape index (κ3) is 3.50. The summed E-state index contributed by atoms with van der Waals surface area (Å²) in [6, 6.07) is 8.41. The number of halogens is 1. The van der Waals surface area contributed by atoms with Gasteiger partial charge in [0.15, 0.2) is 11.5 Å². The number of oxazole rings is 1. The predicted molar refractivity (Wildman–Crippen MR) is 99.7 cm³/mol. The molecule has 1 fully saturated rings. The van der Waals surface area contributed by atoms with Crippen LogP contribution in [0.4, 0.5) is 0 Å². The lowest BCUT2D eigenvalue weighted by atomic mass is 9.96. The molecule has 0 atom stereocenters. The molecule has 0 spiro atoms. The van der Waals surface area contributed by atoms with Crippen LogP contribution in [0.5, 0.6) is 0 Å². The molecular weight excluding hydrogens is 368 g/mol. The Labute approximate surface area is 160 Å². The monoisotopic (exact) mass is 384 g/mol. The highest BCUT2D eigenvalue weighted by molar-refractivity contribution is 6.31. The van der Waals surface area contributed by atoms with Gasteiger partial charge in [0.1, 0.15) is 11.2 Å². The van der Waals surface area contributed by atoms with Crippen LogP contribution in [0.3, 0.4) is 0 Å². The summed E-state index contributed by atoms with van der Waals surface area (Å²) in [6.07, 6.45) is 2.84. The van der Waals surface area contributed by atoms with E-state index in [1.807, 2.05) is 6.07 Å². The fraction of sp³-hybridized carbons (Fsp3) is 0.263. The minimum atomic E-state index is -0.568. The van der Waals surface area contributed by atoms with Crippen molar-refractivity contribution in [3.8, 4) is 0 Å². The van der Waals surface area contributed by atoms with Crippen molar-refractivity contribution in [1.82, 2.24) is 14.9 Å². The Kier molecular flexibility index (Phi) is 4.53. The molecule has 1 aliphatic rings. The molecule has 138 valence electrons. The van der Waals surface area contributed by atoms with Crippen LogP contribution in [0, 0.1) is 0 Å². The molecule has 3 heterocycles. The lowest BCUT2D eigenvalue weighted by Crippen LogP contribution is -2.38. The summed E-state index contributed by atoms with van der Waals surface area (Å²) in [5.41, 5.74) is 7.23. The maximum Gasteiger partial charge on any atom is 0.272 e. The Morgan fingerprint density at radius 3 is 2.63 bits per heavy atom. The first-order valence-corrected chi connectivity index (χ1v) is 9.00. The lowest BCUT2D eigenvalue weighted by molar-refractivity contribution is 0.0700. The van der Waals surface area contributed by atoms with Crippen molar-refractivity contribution in [2.45, 2.75) is 18.8 Å². The number of carbonyl (C=O) groups is 2. The second-order valence-electron chi connectivity index (χ2n) is 6.53. The van der Waals surface area contributed by atoms with Gasteiger partial charge in [0.2, 0.25) is 5.91 Å². The molecule has 1 aromatic carbocycles. The number of pyridine rings is 1. The van der Waals surface area contributed by atoms with Gasteiger partial charge in [0, 0.05) is 30.2 Å². The van der Waals surface area contributed by atoms with E-state index in [1.54, 1.807) is 17.0 Å². The highest BCUT2D eigenvalue weighted by Gasteiger charge is 2.28. The van der Waals surface area contributed by atoms with Crippen LogP contribution in [0.2, 0.25) is 5.02 Å². The smallest absolute Gasteiger partial charge is 0.272 e. The molecule has 2 aromatic heterocycles. The van der Waals surface area contributed by atoms with E-state index in [2.05, 4.69) is 9.97 Å². The maximum atomic E-state index is 12.6. The van der Waals surface area contributed by atoms with Crippen LogP contribution < -0.4 is 5.73 Å². The Morgan fingerprint density at radius 1 is 1.19 bits per heavy atom. The number of likely N-dealkylation sites (tertiary alicyclic amines) is 1. The summed E-state index contributed by atoms with van der Waals surface area (Å²) < 4.78 is 5.85. The van der Waals surface area contributed by atoms with E-state index in [9.17, 15) is 9.59 Å². The summed E-state index contributed by atoms with van der Waals surface area (Å²) in [5, 5.41) is 0.623. The molecule has 2 amide bonds. The van der Waals surface area contributed by atoms with Crippen LogP contribution >= 0.6 is 11.6 Å². The Morgan fingerprint density at radius 2 is 1.96 bits per heavy atom. The summed E-state index contributed by atoms with van der Waals surface area (Å²) in [5.74, 6) is 0.115. The normalized spacial score (nSPS) is 15.2. The first kappa shape index (κ1) is 17.5. The molecule has 1 saturated heterocycles. The average Bonchev–Trinajstić information content (AvgIpc) is 3.11. The molecule has 2 N–H and O–H groups in total. The Balaban J connectivity index is 1.43. The molecule has 0 bridgehead atoms. The van der Waals surface area contributed by atoms with E-state index < -0.39 is 5.91 Å². The first-order valence-electron chi connectivity index (χ1n) is 8.62. The number of nitrogens with two attached hydrogens (primary N) is 1. The number of carbonyl (C=O) groups excluding carboxylic acids is 2. The molecule has 27 heavy (non-hydrogen) atoms. The van der Waals surface area contributed by atoms with Crippen molar-refractivity contribution in [1.29, 1.82) is 0 Å². The summed E-state index contributed by atoms with van der Waals surface area (Å²) in [7, 11) is 0. The summed E-state index contributed by atoms with van der Waals surface area (Å²) in [4.78, 5) is 34.0. The zero-order valence-corrected chi connectivity index (χ0v) is 15.1. The molecule has 7 nitrogen and oxygen atoms in total. The van der Waals surface area contributed by atoms with Crippen molar-refractivity contribution in [2.75, 3.05) is 13.1 Å². The topological polar surface area (TPSA) is 102 Å². The van der Waals surface area contributed by atoms with Gasteiger partial charge in [0.05, 0.1) is 5.56 Å². The van der Waals surface area contributed by atoms with Gasteiger partial charge in [-0.25, -0.2) is 4.98 Å². The van der Waals surface area contributed by atoms with E-state index in [-0.39, 0.29) is 17.4 Å². The fourth-order valence-electron chi connectivity index (χ4n) is 3.25. The van der Waals surface area contributed by atoms with Gasteiger partial charge in [-0.3, -0.25) is 14.6 Å². The Hall–Kier alpha value is -2.93. The molecule has 4 rings (SSSR count). The van der Waals surface area contributed by atoms with Crippen LogP contribution in [-0.2, 0) is 0 Å². The number of fused-ring (bicyclic) bond motifs is 1. The van der Waals surface area contributed by atoms with Crippen LogP contribution in [-0.4, -0.2) is 39.8 Å². The second-order valence-corrected chi connectivity index (χ2v) is 6.96. The molecule has 0 aliphatic carbocycles. The zero-order valence-electron chi connectivity index (χ0n) is 14.4. The van der Waals surface area contributed by atoms with Crippen LogP contribution in [0.25, 0.3) is 11.1 Å². The minimum absolute atomic E-state index is 0.158. The fourth-order valence-corrected chi connectivity index (χ4v) is 3.42. The third-order valence-corrected chi connectivity index (χ3v) is 5.00. The average molecular weight is 385 g/mol. The molecular formula is C19H17ClN4O3. The van der Waals surface area contributed by atoms with E-state index in [4.69, 9.17) is 21.8 Å². The number of primary amides is 1. The highest BCUT2D eigenvalue weighted by atomic mass is 35.5. The summed E-state index contributed by atoms with van der Waals surface area (Å²) >= 11 is 6.00. The van der Waals surface area contributed by atoms with Crippen LogP contribution in [0.15, 0.2) is 40.9 Å². The van der Waals surface area contributed by atoms with Crippen molar-refractivity contribution < 1.29 is 14.0 Å². The van der Waals surface area contributed by atoms with Gasteiger partial charge in [-0.1, -0.05) is 11.6 Å². The van der Waals surface area contributed by atoms with E-state index in [0.29, 0.717) is 35.3 Å². The minimum Gasteiger partial charge on any atom is -0.440 e. The molecule has 8 heteroatoms. The first-order chi connectivity index (χ1) is 13.0. The number of aromatic nitrogens is 2. The Bertz CT molecular complexity index is 1010. The predicted octanol–water partition coefficient (Wildman–Crippen LogP) is 2.99. The number of hydrogen-bond acceptors (Lipinski definition) is 5. The SMILES string of the molecule is NC(=O)c1ccc(C(=O)N2CCC(c3nc4cc(Cl)ccc4o3)CC2)nc1. The van der Waals surface area contributed by atoms with Crippen LogP contribution in [0.1, 0.15) is 45.5 Å². The molecule has 3 aromatic rings. The van der Waals surface area contributed by atoms with E-state index >= 15 is 0 Å². The maximum absolute atomic E-state index is 12.6. The zero-order chi connectivity index (χ0) is 19.0. The quantitative estimate of drug-likeness (QED) is 0.747. The number of amides is 2. The van der Waals surface area contributed by atoms with Crippen molar-refractivity contribution in [3.63, 3.8) is 0 Å². The molecule has 0 saturated carbocycles. The third-order valence-electron chi connectivity index (χ3n) is 4.76. The number of rotatable bonds is 3. The molecule has 1 aliphatic heterocycles. The van der Waals surface area contributed by atoms with Gasteiger partial charge in [-0.15, -0.1) is 0 Å². The van der Waals surface area contributed by atoms with E-state index in [1.165, 1.54) is 18.3 Å². The summed E-state index contributed by atoms with van der Waals surface area (Å²) in [6.45, 7) is 1.17. The number of piperidine rings is 1. The van der Waals surface area contributed by atoms with Gasteiger partial charge in [-0.2, -0.15) is 0 Å². The largest absolute Gasteiger partial charge is 0.440 e. The van der Waals surface area contributed by atoms with Gasteiger partial charge in [0.25, 0.3) is 5.91 Å². The van der Waals surface area contributed by atoms with Gasteiger partial charge >= 0.3 is 0 Å². The molecule has 0 radical (unpaired) electrons. The van der Waals surface area contributed by atoms with E-state index in [0.717, 1.165) is 18.4 Å². The van der Waals surface area contributed by atoms with Crippen molar-refractivity contribution in [3.05, 3.63) is 58.7 Å². The second kappa shape index (κ2) is 7.00.